The summed E-state index contributed by atoms with van der Waals surface area (Å²) in [6, 6.07) is 7.56. The van der Waals surface area contributed by atoms with Crippen molar-refractivity contribution in [2.75, 3.05) is 12.4 Å². The molecule has 0 unspecified atom stereocenters. The van der Waals surface area contributed by atoms with Gasteiger partial charge in [0, 0.05) is 6.07 Å². The SMILES string of the molecule is COc1cc([N+](=O)[O-])ccc1NC(=O)[C@H](C)Oc1ccc(C(F)(F)F)cc1. The number of hydrogen-bond acceptors (Lipinski definition) is 5. The average molecular weight is 384 g/mol. The first-order valence-electron chi connectivity index (χ1n) is 7.59. The Hall–Kier alpha value is -3.30. The summed E-state index contributed by atoms with van der Waals surface area (Å²) in [5.41, 5.74) is -0.850. The molecular weight excluding hydrogens is 369 g/mol. The molecule has 27 heavy (non-hydrogen) atoms. The smallest absolute Gasteiger partial charge is 0.416 e. The summed E-state index contributed by atoms with van der Waals surface area (Å²) in [6.45, 7) is 1.41. The van der Waals surface area contributed by atoms with E-state index in [-0.39, 0.29) is 22.9 Å². The number of carbonyl (C=O) groups is 1. The Morgan fingerprint density at radius 2 is 1.81 bits per heavy atom. The van der Waals surface area contributed by atoms with Gasteiger partial charge in [-0.25, -0.2) is 0 Å². The number of ether oxygens (including phenoxy) is 2. The number of anilines is 1. The lowest BCUT2D eigenvalue weighted by molar-refractivity contribution is -0.384. The molecule has 0 bridgehead atoms. The minimum absolute atomic E-state index is 0.0827. The van der Waals surface area contributed by atoms with E-state index in [9.17, 15) is 28.1 Å². The van der Waals surface area contributed by atoms with Gasteiger partial charge in [-0.3, -0.25) is 14.9 Å². The van der Waals surface area contributed by atoms with Crippen LogP contribution < -0.4 is 14.8 Å². The predicted molar refractivity (Wildman–Crippen MR) is 89.8 cm³/mol. The highest BCUT2D eigenvalue weighted by Crippen LogP contribution is 2.31. The number of methoxy groups -OCH3 is 1. The van der Waals surface area contributed by atoms with E-state index < -0.39 is 28.7 Å². The lowest BCUT2D eigenvalue weighted by Crippen LogP contribution is -2.30. The van der Waals surface area contributed by atoms with E-state index in [1.807, 2.05) is 0 Å². The molecule has 7 nitrogen and oxygen atoms in total. The Labute approximate surface area is 151 Å². The summed E-state index contributed by atoms with van der Waals surface area (Å²) < 4.78 is 48.0. The van der Waals surface area contributed by atoms with Crippen molar-refractivity contribution in [3.05, 3.63) is 58.1 Å². The molecule has 0 aromatic heterocycles. The van der Waals surface area contributed by atoms with E-state index in [4.69, 9.17) is 9.47 Å². The van der Waals surface area contributed by atoms with Crippen molar-refractivity contribution in [2.24, 2.45) is 0 Å². The summed E-state index contributed by atoms with van der Waals surface area (Å²) in [4.78, 5) is 22.4. The highest BCUT2D eigenvalue weighted by molar-refractivity contribution is 5.95. The van der Waals surface area contributed by atoms with Crippen molar-refractivity contribution >= 4 is 17.3 Å². The zero-order chi connectivity index (χ0) is 20.2. The Morgan fingerprint density at radius 3 is 2.33 bits per heavy atom. The molecule has 1 amide bonds. The fourth-order valence-corrected chi connectivity index (χ4v) is 2.11. The van der Waals surface area contributed by atoms with Crippen molar-refractivity contribution in [3.8, 4) is 11.5 Å². The van der Waals surface area contributed by atoms with Gasteiger partial charge in [-0.15, -0.1) is 0 Å². The van der Waals surface area contributed by atoms with E-state index in [0.29, 0.717) is 0 Å². The molecular formula is C17H15F3N2O5. The topological polar surface area (TPSA) is 90.7 Å². The molecule has 0 saturated heterocycles. The fraction of sp³-hybridized carbons (Fsp3) is 0.235. The number of non-ortho nitro benzene ring substituents is 1. The van der Waals surface area contributed by atoms with Crippen molar-refractivity contribution in [1.82, 2.24) is 0 Å². The number of nitro benzene ring substituents is 1. The van der Waals surface area contributed by atoms with Crippen LogP contribution >= 0.6 is 0 Å². The molecule has 0 fully saturated rings. The summed E-state index contributed by atoms with van der Waals surface area (Å²) in [5.74, 6) is -0.442. The second-order valence-corrected chi connectivity index (χ2v) is 5.41. The molecule has 144 valence electrons. The van der Waals surface area contributed by atoms with E-state index in [0.717, 1.165) is 30.3 Å². The number of rotatable bonds is 6. The Kier molecular flexibility index (Phi) is 5.88. The molecule has 0 aliphatic rings. The molecule has 0 saturated carbocycles. The molecule has 0 heterocycles. The van der Waals surface area contributed by atoms with Gasteiger partial charge in [0.2, 0.25) is 0 Å². The largest absolute Gasteiger partial charge is 0.494 e. The number of nitrogens with one attached hydrogen (secondary N) is 1. The standard InChI is InChI=1S/C17H15F3N2O5/c1-10(27-13-6-3-11(4-7-13)17(18,19)20)16(23)21-14-8-5-12(22(24)25)9-15(14)26-2/h3-10H,1-2H3,(H,21,23)/t10-/m0/s1. The molecule has 0 spiro atoms. The molecule has 10 heteroatoms. The average Bonchev–Trinajstić information content (AvgIpc) is 2.61. The monoisotopic (exact) mass is 384 g/mol. The summed E-state index contributed by atoms with van der Waals surface area (Å²) in [5, 5.41) is 13.3. The molecule has 2 aromatic rings. The number of nitro groups is 1. The zero-order valence-electron chi connectivity index (χ0n) is 14.2. The second kappa shape index (κ2) is 7.94. The minimum atomic E-state index is -4.46. The van der Waals surface area contributed by atoms with Crippen molar-refractivity contribution in [1.29, 1.82) is 0 Å². The Balaban J connectivity index is 2.06. The van der Waals surface area contributed by atoms with Gasteiger partial charge < -0.3 is 14.8 Å². The summed E-state index contributed by atoms with van der Waals surface area (Å²) in [7, 11) is 1.29. The second-order valence-electron chi connectivity index (χ2n) is 5.41. The molecule has 1 atom stereocenters. The van der Waals surface area contributed by atoms with Crippen LogP contribution in [-0.2, 0) is 11.0 Å². The van der Waals surface area contributed by atoms with Crippen LogP contribution in [0.5, 0.6) is 11.5 Å². The fourth-order valence-electron chi connectivity index (χ4n) is 2.11. The van der Waals surface area contributed by atoms with Gasteiger partial charge in [-0.05, 0) is 37.3 Å². The Morgan fingerprint density at radius 1 is 1.19 bits per heavy atom. The molecule has 0 aliphatic heterocycles. The first-order valence-corrected chi connectivity index (χ1v) is 7.59. The van der Waals surface area contributed by atoms with Crippen LogP contribution in [0.25, 0.3) is 0 Å². The minimum Gasteiger partial charge on any atom is -0.494 e. The quantitative estimate of drug-likeness (QED) is 0.600. The summed E-state index contributed by atoms with van der Waals surface area (Å²) >= 11 is 0. The van der Waals surface area contributed by atoms with Gasteiger partial charge in [-0.2, -0.15) is 13.2 Å². The first-order chi connectivity index (χ1) is 12.6. The highest BCUT2D eigenvalue weighted by atomic mass is 19.4. The predicted octanol–water partition coefficient (Wildman–Crippen LogP) is 4.03. The van der Waals surface area contributed by atoms with Gasteiger partial charge >= 0.3 is 6.18 Å². The van der Waals surface area contributed by atoms with Crippen LogP contribution in [0.4, 0.5) is 24.5 Å². The van der Waals surface area contributed by atoms with Crippen molar-refractivity contribution in [2.45, 2.75) is 19.2 Å². The van der Waals surface area contributed by atoms with Crippen LogP contribution in [0, 0.1) is 10.1 Å². The van der Waals surface area contributed by atoms with Crippen LogP contribution in [-0.4, -0.2) is 24.0 Å². The molecule has 0 aliphatic carbocycles. The third-order valence-corrected chi connectivity index (χ3v) is 3.52. The first kappa shape index (κ1) is 20.0. The van der Waals surface area contributed by atoms with Crippen LogP contribution in [0.15, 0.2) is 42.5 Å². The van der Waals surface area contributed by atoms with E-state index in [2.05, 4.69) is 5.32 Å². The highest BCUT2D eigenvalue weighted by Gasteiger charge is 2.30. The number of carbonyl (C=O) groups excluding carboxylic acids is 1. The number of alkyl halides is 3. The van der Waals surface area contributed by atoms with Gasteiger partial charge in [0.1, 0.15) is 11.5 Å². The maximum Gasteiger partial charge on any atom is 0.416 e. The number of nitrogens with zero attached hydrogens (tertiary/aromatic N) is 1. The lowest BCUT2D eigenvalue weighted by Gasteiger charge is -2.16. The van der Waals surface area contributed by atoms with Gasteiger partial charge in [0.25, 0.3) is 11.6 Å². The lowest BCUT2D eigenvalue weighted by atomic mass is 10.2. The van der Waals surface area contributed by atoms with Gasteiger partial charge in [0.15, 0.2) is 6.10 Å². The van der Waals surface area contributed by atoms with Crippen molar-refractivity contribution in [3.63, 3.8) is 0 Å². The van der Waals surface area contributed by atoms with Crippen molar-refractivity contribution < 1.29 is 32.4 Å². The van der Waals surface area contributed by atoms with Crippen LogP contribution in [0.2, 0.25) is 0 Å². The maximum absolute atomic E-state index is 12.5. The maximum atomic E-state index is 12.5. The van der Waals surface area contributed by atoms with Gasteiger partial charge in [0.05, 0.1) is 29.4 Å². The number of hydrogen-bond donors (Lipinski definition) is 1. The third kappa shape index (κ3) is 5.09. The van der Waals surface area contributed by atoms with E-state index >= 15 is 0 Å². The number of amides is 1. The third-order valence-electron chi connectivity index (χ3n) is 3.52. The summed E-state index contributed by atoms with van der Waals surface area (Å²) in [6.07, 6.45) is -5.50. The van der Waals surface area contributed by atoms with E-state index in [1.165, 1.54) is 26.2 Å². The molecule has 2 aromatic carbocycles. The Bertz CT molecular complexity index is 837. The normalized spacial score (nSPS) is 12.2. The number of halogens is 3. The molecule has 0 radical (unpaired) electrons. The molecule has 2 rings (SSSR count). The van der Waals surface area contributed by atoms with E-state index in [1.54, 1.807) is 0 Å². The van der Waals surface area contributed by atoms with Gasteiger partial charge in [-0.1, -0.05) is 0 Å². The number of benzene rings is 2. The molecule has 1 N–H and O–H groups in total. The van der Waals surface area contributed by atoms with Crippen LogP contribution in [0.1, 0.15) is 12.5 Å². The van der Waals surface area contributed by atoms with Crippen LogP contribution in [0.3, 0.4) is 0 Å². The zero-order valence-corrected chi connectivity index (χ0v) is 14.2.